The Morgan fingerprint density at radius 1 is 0.396 bits per heavy atom. The monoisotopic (exact) mass is 669 g/mol. The first-order valence-corrected chi connectivity index (χ1v) is 21.6. The molecule has 0 unspecified atom stereocenters. The molecule has 0 aromatic heterocycles. The van der Waals surface area contributed by atoms with Gasteiger partial charge in [-0.05, 0) is 31.2 Å². The fraction of sp³-hybridized carbons (Fsp3) is 0.844. The number of nitrogens with zero attached hydrogens (tertiary/aromatic N) is 2. The van der Waals surface area contributed by atoms with E-state index in [0.29, 0.717) is 0 Å². The summed E-state index contributed by atoms with van der Waals surface area (Å²) in [5.41, 5.74) is 1.49. The molecular formula is C45H84N2O. The molecule has 0 saturated carbocycles. The Bertz CT molecular complexity index is 780. The highest BCUT2D eigenvalue weighted by Gasteiger charge is 2.13. The second-order valence-corrected chi connectivity index (χ2v) is 15.3. The number of urea groups is 1. The Labute approximate surface area is 301 Å². The molecule has 2 amide bonds. The number of hydrogen-bond donors (Lipinski definition) is 0. The smallest absolute Gasteiger partial charge is 0.319 e. The summed E-state index contributed by atoms with van der Waals surface area (Å²) in [5, 5.41) is 0. The van der Waals surface area contributed by atoms with E-state index in [1.54, 1.807) is 0 Å². The third kappa shape index (κ3) is 29.4. The topological polar surface area (TPSA) is 23.6 Å². The van der Waals surface area contributed by atoms with Crippen LogP contribution in [0.5, 0.6) is 0 Å². The number of amides is 2. The lowest BCUT2D eigenvalue weighted by molar-refractivity contribution is 0.171. The van der Waals surface area contributed by atoms with E-state index < -0.39 is 0 Å². The molecule has 0 N–H and O–H groups in total. The molecule has 0 bridgehead atoms. The Morgan fingerprint density at radius 3 is 0.979 bits per heavy atom. The van der Waals surface area contributed by atoms with Crippen LogP contribution in [0.4, 0.5) is 4.79 Å². The van der Waals surface area contributed by atoms with E-state index in [9.17, 15) is 4.79 Å². The highest BCUT2D eigenvalue weighted by molar-refractivity contribution is 5.73. The van der Waals surface area contributed by atoms with Gasteiger partial charge in [0.05, 0.1) is 0 Å². The summed E-state index contributed by atoms with van der Waals surface area (Å²) in [7, 11) is 3.97. The molecule has 0 aliphatic rings. The van der Waals surface area contributed by atoms with Crippen molar-refractivity contribution < 1.29 is 4.79 Å². The molecule has 0 saturated heterocycles. The maximum Gasteiger partial charge on any atom is 0.319 e. The number of aryl methyl sites for hydroxylation is 1. The van der Waals surface area contributed by atoms with Gasteiger partial charge in [-0.2, -0.15) is 0 Å². The lowest BCUT2D eigenvalue weighted by Gasteiger charge is -2.25. The third-order valence-electron chi connectivity index (χ3n) is 10.6. The summed E-state index contributed by atoms with van der Waals surface area (Å²) in [5.74, 6) is 0. The van der Waals surface area contributed by atoms with E-state index in [-0.39, 0.29) is 6.03 Å². The van der Waals surface area contributed by atoms with E-state index in [4.69, 9.17) is 0 Å². The molecule has 0 fully saturated rings. The maximum atomic E-state index is 12.7. The van der Waals surface area contributed by atoms with Crippen LogP contribution in [-0.2, 0) is 6.42 Å². The summed E-state index contributed by atoms with van der Waals surface area (Å²) in [6.07, 6.45) is 45.5. The van der Waals surface area contributed by atoms with Crippen LogP contribution >= 0.6 is 0 Å². The zero-order chi connectivity index (χ0) is 34.6. The van der Waals surface area contributed by atoms with Crippen LogP contribution in [0.15, 0.2) is 30.3 Å². The van der Waals surface area contributed by atoms with Crippen LogP contribution in [0.25, 0.3) is 0 Å². The molecule has 1 aromatic rings. The Balaban J connectivity index is 1.77. The molecule has 0 aliphatic heterocycles. The quantitative estimate of drug-likeness (QED) is 0.0653. The number of rotatable bonds is 36. The lowest BCUT2D eigenvalue weighted by Crippen LogP contribution is -2.39. The lowest BCUT2D eigenvalue weighted by atomic mass is 10.0. The average molecular weight is 669 g/mol. The van der Waals surface area contributed by atoms with Gasteiger partial charge in [0.25, 0.3) is 0 Å². The number of hydrogen-bond acceptors (Lipinski definition) is 1. The predicted molar refractivity (Wildman–Crippen MR) is 214 cm³/mol. The van der Waals surface area contributed by atoms with Gasteiger partial charge in [-0.25, -0.2) is 4.79 Å². The highest BCUT2D eigenvalue weighted by atomic mass is 16.2. The van der Waals surface area contributed by atoms with Gasteiger partial charge in [0, 0.05) is 27.2 Å². The fourth-order valence-electron chi connectivity index (χ4n) is 7.18. The Kier molecular flexibility index (Phi) is 32.8. The van der Waals surface area contributed by atoms with Crippen molar-refractivity contribution in [3.8, 4) is 0 Å². The van der Waals surface area contributed by atoms with Crippen molar-refractivity contribution in [2.75, 3.05) is 27.2 Å². The Hall–Kier alpha value is -1.51. The average Bonchev–Trinajstić information content (AvgIpc) is 3.10. The standard InChI is InChI=1S/C45H84N2O/c1-4-5-6-7-8-9-10-11-12-16-19-22-25-28-31-37-42-46(2)45(48)47(3)43-38-32-29-26-23-20-17-14-13-15-18-21-24-27-30-34-39-44-40-35-33-36-41-44/h33,35-36,40-41H,4-32,34,37-39,42-43H2,1-3H3. The minimum atomic E-state index is 0.204. The largest absolute Gasteiger partial charge is 0.328 e. The van der Waals surface area contributed by atoms with Gasteiger partial charge in [-0.15, -0.1) is 0 Å². The van der Waals surface area contributed by atoms with Crippen molar-refractivity contribution >= 4 is 6.03 Å². The number of unbranched alkanes of at least 4 members (excludes halogenated alkanes) is 30. The van der Waals surface area contributed by atoms with Crippen LogP contribution in [0, 0.1) is 0 Å². The Morgan fingerprint density at radius 2 is 0.667 bits per heavy atom. The molecule has 0 heterocycles. The van der Waals surface area contributed by atoms with E-state index in [0.717, 1.165) is 25.9 Å². The zero-order valence-corrected chi connectivity index (χ0v) is 32.9. The van der Waals surface area contributed by atoms with Crippen molar-refractivity contribution in [2.45, 2.75) is 219 Å². The second-order valence-electron chi connectivity index (χ2n) is 15.3. The minimum Gasteiger partial charge on any atom is -0.328 e. The van der Waals surface area contributed by atoms with Gasteiger partial charge in [0.15, 0.2) is 0 Å². The maximum absolute atomic E-state index is 12.7. The summed E-state index contributed by atoms with van der Waals surface area (Å²) in [6, 6.07) is 11.1. The molecule has 0 aliphatic carbocycles. The van der Waals surface area contributed by atoms with Crippen molar-refractivity contribution in [1.82, 2.24) is 9.80 Å². The molecular weight excluding hydrogens is 585 g/mol. The zero-order valence-electron chi connectivity index (χ0n) is 32.9. The molecule has 280 valence electrons. The first-order valence-electron chi connectivity index (χ1n) is 21.6. The predicted octanol–water partition coefficient (Wildman–Crippen LogP) is 14.7. The van der Waals surface area contributed by atoms with E-state index in [1.807, 2.05) is 23.9 Å². The van der Waals surface area contributed by atoms with Crippen LogP contribution in [0.1, 0.15) is 218 Å². The van der Waals surface area contributed by atoms with E-state index >= 15 is 0 Å². The van der Waals surface area contributed by atoms with E-state index in [1.165, 1.54) is 205 Å². The first kappa shape index (κ1) is 44.5. The van der Waals surface area contributed by atoms with Crippen LogP contribution in [0.3, 0.4) is 0 Å². The van der Waals surface area contributed by atoms with Gasteiger partial charge in [-0.3, -0.25) is 0 Å². The molecule has 1 aromatic carbocycles. The van der Waals surface area contributed by atoms with Crippen molar-refractivity contribution in [3.05, 3.63) is 35.9 Å². The molecule has 1 rings (SSSR count). The number of carbonyl (C=O) groups is 1. The highest BCUT2D eigenvalue weighted by Crippen LogP contribution is 2.16. The SMILES string of the molecule is CCCCCCCCCCCCCCCCCCN(C)C(=O)N(C)CCCCCCCCCCCCCCCCCCc1ccccc1. The van der Waals surface area contributed by atoms with Gasteiger partial charge in [0.2, 0.25) is 0 Å². The summed E-state index contributed by atoms with van der Waals surface area (Å²) >= 11 is 0. The van der Waals surface area contributed by atoms with Crippen molar-refractivity contribution in [2.24, 2.45) is 0 Å². The van der Waals surface area contributed by atoms with Crippen LogP contribution < -0.4 is 0 Å². The second kappa shape index (κ2) is 35.3. The van der Waals surface area contributed by atoms with E-state index in [2.05, 4.69) is 37.3 Å². The summed E-state index contributed by atoms with van der Waals surface area (Å²) in [4.78, 5) is 16.6. The fourth-order valence-corrected chi connectivity index (χ4v) is 7.18. The van der Waals surface area contributed by atoms with Crippen molar-refractivity contribution in [1.29, 1.82) is 0 Å². The van der Waals surface area contributed by atoms with Gasteiger partial charge in [-0.1, -0.05) is 223 Å². The molecule has 3 heteroatoms. The minimum absolute atomic E-state index is 0.204. The number of benzene rings is 1. The summed E-state index contributed by atoms with van der Waals surface area (Å²) in [6.45, 7) is 4.09. The van der Waals surface area contributed by atoms with Gasteiger partial charge in [0.1, 0.15) is 0 Å². The normalized spacial score (nSPS) is 11.3. The molecule has 3 nitrogen and oxygen atoms in total. The molecule has 0 atom stereocenters. The molecule has 48 heavy (non-hydrogen) atoms. The molecule has 0 radical (unpaired) electrons. The van der Waals surface area contributed by atoms with Gasteiger partial charge < -0.3 is 9.80 Å². The van der Waals surface area contributed by atoms with Gasteiger partial charge >= 0.3 is 6.03 Å². The molecule has 0 spiro atoms. The first-order chi connectivity index (χ1) is 23.6. The number of carbonyl (C=O) groups excluding carboxylic acids is 1. The summed E-state index contributed by atoms with van der Waals surface area (Å²) < 4.78 is 0. The van der Waals surface area contributed by atoms with Crippen LogP contribution in [0.2, 0.25) is 0 Å². The third-order valence-corrected chi connectivity index (χ3v) is 10.6. The van der Waals surface area contributed by atoms with Crippen molar-refractivity contribution in [3.63, 3.8) is 0 Å². The van der Waals surface area contributed by atoms with Crippen LogP contribution in [-0.4, -0.2) is 43.0 Å².